The third-order valence-corrected chi connectivity index (χ3v) is 3.20. The van der Waals surface area contributed by atoms with E-state index in [9.17, 15) is 4.79 Å². The molecule has 2 heteroatoms. The topological polar surface area (TPSA) is 26.3 Å². The van der Waals surface area contributed by atoms with Crippen LogP contribution in [0, 0.1) is 5.92 Å². The summed E-state index contributed by atoms with van der Waals surface area (Å²) in [6, 6.07) is 5.84. The number of carbonyl (C=O) groups excluding carboxylic acids is 1. The van der Waals surface area contributed by atoms with E-state index in [4.69, 9.17) is 4.74 Å². The molecule has 1 fully saturated rings. The van der Waals surface area contributed by atoms with E-state index in [1.165, 1.54) is 12.0 Å². The van der Waals surface area contributed by atoms with Crippen molar-refractivity contribution in [1.82, 2.24) is 0 Å². The first-order chi connectivity index (χ1) is 6.75. The number of hydrogen-bond acceptors (Lipinski definition) is 2. The normalized spacial score (nSPS) is 27.2. The second-order valence-corrected chi connectivity index (χ2v) is 4.22. The number of carbonyl (C=O) groups is 1. The predicted octanol–water partition coefficient (Wildman–Crippen LogP) is 2.39. The summed E-state index contributed by atoms with van der Waals surface area (Å²) in [6.07, 6.45) is 1.26. The number of rotatable bonds is 1. The molecule has 2 unspecified atom stereocenters. The molecule has 0 amide bonds. The Morgan fingerprint density at radius 1 is 1.50 bits per heavy atom. The molecule has 1 heterocycles. The van der Waals surface area contributed by atoms with Gasteiger partial charge in [0.25, 0.3) is 0 Å². The van der Waals surface area contributed by atoms with Gasteiger partial charge in [-0.05, 0) is 30.9 Å². The number of fused-ring (bicyclic) bond motifs is 3. The number of hydrogen-bond donors (Lipinski definition) is 0. The van der Waals surface area contributed by atoms with Crippen LogP contribution in [0.25, 0.3) is 0 Å². The van der Waals surface area contributed by atoms with Crippen LogP contribution in [0.4, 0.5) is 0 Å². The van der Waals surface area contributed by atoms with Crippen molar-refractivity contribution in [3.05, 3.63) is 29.3 Å². The Balaban J connectivity index is 2.06. The molecule has 1 aliphatic carbocycles. The molecule has 2 aliphatic rings. The van der Waals surface area contributed by atoms with Crippen molar-refractivity contribution < 1.29 is 9.53 Å². The van der Waals surface area contributed by atoms with Crippen molar-refractivity contribution >= 4 is 5.78 Å². The average molecular weight is 188 g/mol. The quantitative estimate of drug-likeness (QED) is 0.632. The highest BCUT2D eigenvalue weighted by molar-refractivity contribution is 5.94. The van der Waals surface area contributed by atoms with Gasteiger partial charge in [-0.2, -0.15) is 0 Å². The molecule has 1 aromatic carbocycles. The Morgan fingerprint density at radius 2 is 2.36 bits per heavy atom. The van der Waals surface area contributed by atoms with Crippen LogP contribution in [0.15, 0.2) is 18.2 Å². The molecule has 2 nitrogen and oxygen atoms in total. The van der Waals surface area contributed by atoms with Gasteiger partial charge in [-0.1, -0.05) is 12.1 Å². The summed E-state index contributed by atoms with van der Waals surface area (Å²) in [5, 5.41) is 0. The summed E-state index contributed by atoms with van der Waals surface area (Å²) in [4.78, 5) is 11.2. The molecule has 0 bridgehead atoms. The third-order valence-electron chi connectivity index (χ3n) is 3.20. The summed E-state index contributed by atoms with van der Waals surface area (Å²) in [5.74, 6) is 2.48. The van der Waals surface area contributed by atoms with Gasteiger partial charge in [0.15, 0.2) is 5.78 Å². The smallest absolute Gasteiger partial charge is 0.159 e. The fourth-order valence-corrected chi connectivity index (χ4v) is 2.19. The van der Waals surface area contributed by atoms with Gasteiger partial charge in [0.05, 0.1) is 6.61 Å². The van der Waals surface area contributed by atoms with Gasteiger partial charge in [-0.3, -0.25) is 4.79 Å². The van der Waals surface area contributed by atoms with Crippen molar-refractivity contribution in [3.63, 3.8) is 0 Å². The molecular formula is C12H12O2. The minimum atomic E-state index is 0.106. The Bertz CT molecular complexity index is 409. The van der Waals surface area contributed by atoms with Crippen molar-refractivity contribution in [1.29, 1.82) is 0 Å². The van der Waals surface area contributed by atoms with E-state index in [1.54, 1.807) is 6.92 Å². The van der Waals surface area contributed by atoms with E-state index >= 15 is 0 Å². The third kappa shape index (κ3) is 1.07. The summed E-state index contributed by atoms with van der Waals surface area (Å²) in [6.45, 7) is 2.42. The Labute approximate surface area is 82.9 Å². The molecule has 1 aromatic rings. The van der Waals surface area contributed by atoms with Crippen molar-refractivity contribution in [2.45, 2.75) is 19.3 Å². The number of benzene rings is 1. The minimum absolute atomic E-state index is 0.106. The van der Waals surface area contributed by atoms with Gasteiger partial charge in [-0.25, -0.2) is 0 Å². The highest BCUT2D eigenvalue weighted by Gasteiger charge is 2.43. The maximum atomic E-state index is 11.2. The second-order valence-electron chi connectivity index (χ2n) is 4.22. The first-order valence-electron chi connectivity index (χ1n) is 5.03. The molecule has 0 radical (unpaired) electrons. The summed E-state index contributed by atoms with van der Waals surface area (Å²) < 4.78 is 5.62. The van der Waals surface area contributed by atoms with Crippen LogP contribution in [-0.4, -0.2) is 12.4 Å². The number of Topliss-reactive ketones (excluding diaryl/α,β-unsaturated/α-hetero) is 1. The van der Waals surface area contributed by atoms with Gasteiger partial charge in [0.2, 0.25) is 0 Å². The van der Waals surface area contributed by atoms with E-state index in [0.29, 0.717) is 5.92 Å². The lowest BCUT2D eigenvalue weighted by Gasteiger charge is -2.16. The van der Waals surface area contributed by atoms with Crippen LogP contribution in [0.2, 0.25) is 0 Å². The zero-order valence-electron chi connectivity index (χ0n) is 8.12. The van der Waals surface area contributed by atoms with E-state index < -0.39 is 0 Å². The van der Waals surface area contributed by atoms with Gasteiger partial charge >= 0.3 is 0 Å². The molecule has 0 N–H and O–H groups in total. The highest BCUT2D eigenvalue weighted by Crippen LogP contribution is 2.53. The van der Waals surface area contributed by atoms with E-state index in [0.717, 1.165) is 23.8 Å². The van der Waals surface area contributed by atoms with Crippen molar-refractivity contribution in [3.8, 4) is 5.75 Å². The molecule has 14 heavy (non-hydrogen) atoms. The molecule has 3 rings (SSSR count). The van der Waals surface area contributed by atoms with Crippen molar-refractivity contribution in [2.24, 2.45) is 5.92 Å². The molecule has 72 valence electrons. The Kier molecular flexibility index (Phi) is 1.49. The van der Waals surface area contributed by atoms with Gasteiger partial charge < -0.3 is 4.74 Å². The van der Waals surface area contributed by atoms with Crippen LogP contribution in [-0.2, 0) is 0 Å². The Morgan fingerprint density at radius 3 is 3.14 bits per heavy atom. The van der Waals surface area contributed by atoms with Crippen LogP contribution in [0.1, 0.15) is 35.2 Å². The standard InChI is InChI=1S/C12H12O2/c1-7(13)8-2-3-10-11-4-9(11)6-14-12(10)5-8/h2-3,5,9,11H,4,6H2,1H3. The van der Waals surface area contributed by atoms with E-state index in [1.807, 2.05) is 12.1 Å². The highest BCUT2D eigenvalue weighted by atomic mass is 16.5. The van der Waals surface area contributed by atoms with E-state index in [2.05, 4.69) is 6.07 Å². The summed E-state index contributed by atoms with van der Waals surface area (Å²) in [5.41, 5.74) is 2.05. The van der Waals surface area contributed by atoms with E-state index in [-0.39, 0.29) is 5.78 Å². The lowest BCUT2D eigenvalue weighted by Crippen LogP contribution is -2.09. The molecule has 1 aliphatic heterocycles. The molecule has 0 saturated heterocycles. The van der Waals surface area contributed by atoms with Crippen LogP contribution < -0.4 is 4.74 Å². The molecule has 0 aromatic heterocycles. The average Bonchev–Trinajstić information content (AvgIpc) is 2.95. The maximum Gasteiger partial charge on any atom is 0.159 e. The van der Waals surface area contributed by atoms with Crippen LogP contribution >= 0.6 is 0 Å². The monoisotopic (exact) mass is 188 g/mol. The lowest BCUT2D eigenvalue weighted by atomic mass is 10.0. The zero-order chi connectivity index (χ0) is 9.71. The fraction of sp³-hybridized carbons (Fsp3) is 0.417. The van der Waals surface area contributed by atoms with Crippen LogP contribution in [0.3, 0.4) is 0 Å². The summed E-state index contributed by atoms with van der Waals surface area (Å²) >= 11 is 0. The molecule has 1 saturated carbocycles. The SMILES string of the molecule is CC(=O)c1ccc2c(c1)OCC1CC21. The van der Waals surface area contributed by atoms with Gasteiger partial charge in [0, 0.05) is 11.5 Å². The molecule has 0 spiro atoms. The first kappa shape index (κ1) is 8.04. The number of ether oxygens (including phenoxy) is 1. The maximum absolute atomic E-state index is 11.2. The first-order valence-corrected chi connectivity index (χ1v) is 5.03. The Hall–Kier alpha value is -1.31. The largest absolute Gasteiger partial charge is 0.493 e. The van der Waals surface area contributed by atoms with Crippen LogP contribution in [0.5, 0.6) is 5.75 Å². The minimum Gasteiger partial charge on any atom is -0.493 e. The van der Waals surface area contributed by atoms with Crippen molar-refractivity contribution in [2.75, 3.05) is 6.61 Å². The molecular weight excluding hydrogens is 176 g/mol. The summed E-state index contributed by atoms with van der Waals surface area (Å²) in [7, 11) is 0. The number of ketones is 1. The second kappa shape index (κ2) is 2.59. The predicted molar refractivity (Wildman–Crippen MR) is 52.8 cm³/mol. The molecule has 2 atom stereocenters. The van der Waals surface area contributed by atoms with Gasteiger partial charge in [-0.15, -0.1) is 0 Å². The zero-order valence-corrected chi connectivity index (χ0v) is 8.12. The lowest BCUT2D eigenvalue weighted by molar-refractivity contribution is 0.101. The fourth-order valence-electron chi connectivity index (χ4n) is 2.19. The van der Waals surface area contributed by atoms with Gasteiger partial charge in [0.1, 0.15) is 5.75 Å².